The van der Waals surface area contributed by atoms with Gasteiger partial charge in [0.2, 0.25) is 0 Å². The molecule has 1 aliphatic carbocycles. The number of hydrogen-bond donors (Lipinski definition) is 1. The van der Waals surface area contributed by atoms with E-state index in [4.69, 9.17) is 5.11 Å². The molecule has 148 valence electrons. The van der Waals surface area contributed by atoms with Gasteiger partial charge in [0.25, 0.3) is 0 Å². The van der Waals surface area contributed by atoms with Gasteiger partial charge in [0.05, 0.1) is 5.56 Å². The maximum absolute atomic E-state index is 11.1. The lowest BCUT2D eigenvalue weighted by Crippen LogP contribution is -2.35. The molecule has 0 heterocycles. The van der Waals surface area contributed by atoms with Crippen molar-refractivity contribution in [3.63, 3.8) is 0 Å². The third-order valence-electron chi connectivity index (χ3n) is 6.14. The Bertz CT molecular complexity index is 924. The molecule has 0 bridgehead atoms. The van der Waals surface area contributed by atoms with Crippen molar-refractivity contribution in [1.82, 2.24) is 0 Å². The van der Waals surface area contributed by atoms with Crippen LogP contribution in [0.25, 0.3) is 0 Å². The second-order valence-electron chi connectivity index (χ2n) is 8.99. The Morgan fingerprint density at radius 3 is 2.00 bits per heavy atom. The number of rotatable bonds is 3. The molecule has 3 rings (SSSR count). The van der Waals surface area contributed by atoms with E-state index in [0.717, 1.165) is 17.1 Å². The quantitative estimate of drug-likeness (QED) is 0.586. The van der Waals surface area contributed by atoms with Gasteiger partial charge in [-0.15, -0.1) is 0 Å². The molecule has 28 heavy (non-hydrogen) atoms. The molecule has 0 fully saturated rings. The summed E-state index contributed by atoms with van der Waals surface area (Å²) in [6.45, 7) is 9.29. The van der Waals surface area contributed by atoms with E-state index < -0.39 is 5.97 Å². The zero-order chi connectivity index (χ0) is 20.7. The lowest BCUT2D eigenvalue weighted by atomic mass is 9.63. The lowest BCUT2D eigenvalue weighted by molar-refractivity contribution is 0.0697. The molecule has 4 heteroatoms. The van der Waals surface area contributed by atoms with Gasteiger partial charge in [0, 0.05) is 25.3 Å². The molecule has 0 amide bonds. The summed E-state index contributed by atoms with van der Waals surface area (Å²) in [6.07, 6.45) is 2.36. The van der Waals surface area contributed by atoms with Crippen molar-refractivity contribution < 1.29 is 9.90 Å². The van der Waals surface area contributed by atoms with Crippen molar-refractivity contribution in [1.29, 1.82) is 0 Å². The number of aromatic carboxylic acids is 1. The zero-order valence-corrected chi connectivity index (χ0v) is 17.7. The van der Waals surface area contributed by atoms with Gasteiger partial charge in [-0.3, -0.25) is 4.99 Å². The highest BCUT2D eigenvalue weighted by molar-refractivity contribution is 6.09. The molecular formula is C24H30N2O2. The third kappa shape index (κ3) is 3.56. The minimum absolute atomic E-state index is 0.140. The van der Waals surface area contributed by atoms with E-state index in [1.807, 2.05) is 24.1 Å². The van der Waals surface area contributed by atoms with Crippen molar-refractivity contribution in [2.45, 2.75) is 51.4 Å². The summed E-state index contributed by atoms with van der Waals surface area (Å²) in [5.74, 6) is -0.0526. The van der Waals surface area contributed by atoms with Crippen LogP contribution in [0.15, 0.2) is 47.5 Å². The predicted octanol–water partition coefficient (Wildman–Crippen LogP) is 5.25. The monoisotopic (exact) mass is 378 g/mol. The molecule has 0 radical (unpaired) electrons. The van der Waals surface area contributed by atoms with Crippen molar-refractivity contribution in [3.05, 3.63) is 64.7 Å². The fourth-order valence-electron chi connectivity index (χ4n) is 4.15. The van der Waals surface area contributed by atoms with Crippen LogP contribution in [-0.4, -0.2) is 31.0 Å². The van der Waals surface area contributed by atoms with Crippen LogP contribution in [-0.2, 0) is 10.8 Å². The Labute approximate surface area is 167 Å². The van der Waals surface area contributed by atoms with Gasteiger partial charge >= 0.3 is 5.97 Å². The maximum atomic E-state index is 11.1. The number of amidine groups is 1. The van der Waals surface area contributed by atoms with E-state index in [1.165, 1.54) is 24.0 Å². The highest BCUT2D eigenvalue weighted by atomic mass is 16.4. The number of carboxylic acids is 1. The van der Waals surface area contributed by atoms with Gasteiger partial charge in [-0.05, 0) is 65.1 Å². The van der Waals surface area contributed by atoms with E-state index >= 15 is 0 Å². The van der Waals surface area contributed by atoms with Crippen molar-refractivity contribution >= 4 is 17.5 Å². The second-order valence-corrected chi connectivity index (χ2v) is 8.99. The number of carbonyl (C=O) groups is 1. The van der Waals surface area contributed by atoms with Crippen LogP contribution in [0.5, 0.6) is 0 Å². The molecule has 1 aliphatic rings. The Balaban J connectivity index is 2.00. The summed E-state index contributed by atoms with van der Waals surface area (Å²) in [5, 5.41) is 9.11. The Morgan fingerprint density at radius 1 is 0.929 bits per heavy atom. The summed E-state index contributed by atoms with van der Waals surface area (Å²) in [6, 6.07) is 13.6. The fraction of sp³-hybridized carbons (Fsp3) is 0.417. The average Bonchev–Trinajstić information content (AvgIpc) is 2.66. The normalized spacial score (nSPS) is 17.7. The van der Waals surface area contributed by atoms with Crippen LogP contribution >= 0.6 is 0 Å². The minimum Gasteiger partial charge on any atom is -0.478 e. The average molecular weight is 379 g/mol. The summed E-state index contributed by atoms with van der Waals surface area (Å²) in [5.41, 5.74) is 5.42. The van der Waals surface area contributed by atoms with E-state index in [0.29, 0.717) is 0 Å². The molecule has 0 spiro atoms. The molecular weight excluding hydrogens is 348 g/mol. The first-order chi connectivity index (χ1) is 13.1. The van der Waals surface area contributed by atoms with Gasteiger partial charge < -0.3 is 10.0 Å². The first kappa shape index (κ1) is 20.1. The van der Waals surface area contributed by atoms with E-state index in [-0.39, 0.29) is 16.4 Å². The summed E-state index contributed by atoms with van der Waals surface area (Å²) >= 11 is 0. The number of nitrogens with zero attached hydrogens (tertiary/aromatic N) is 2. The van der Waals surface area contributed by atoms with Crippen LogP contribution < -0.4 is 4.90 Å². The molecule has 0 atom stereocenters. The zero-order valence-electron chi connectivity index (χ0n) is 17.7. The summed E-state index contributed by atoms with van der Waals surface area (Å²) in [7, 11) is 3.76. The number of hydrogen-bond acceptors (Lipinski definition) is 2. The lowest BCUT2D eigenvalue weighted by Gasteiger charge is -2.42. The number of carboxylic acid groups (broad SMARTS) is 1. The SMILES string of the molecule is CN=C(c1ccc2c(c1)C(C)(C)CCC2(C)C)N(C)c1ccc(C(=O)O)cc1. The van der Waals surface area contributed by atoms with Crippen molar-refractivity contribution in [2.75, 3.05) is 19.0 Å². The standard InChI is InChI=1S/C24H30N2O2/c1-23(2)13-14-24(3,4)20-15-17(9-12-19(20)23)21(25-5)26(6)18-10-7-16(8-11-18)22(27)28/h7-12,15H,13-14H2,1-6H3,(H,27,28). The molecule has 0 saturated carbocycles. The van der Waals surface area contributed by atoms with Crippen LogP contribution in [0.2, 0.25) is 0 Å². The van der Waals surface area contributed by atoms with Crippen LogP contribution in [0.4, 0.5) is 5.69 Å². The summed E-state index contributed by atoms with van der Waals surface area (Å²) < 4.78 is 0. The third-order valence-corrected chi connectivity index (χ3v) is 6.14. The van der Waals surface area contributed by atoms with Crippen molar-refractivity contribution in [2.24, 2.45) is 4.99 Å². The van der Waals surface area contributed by atoms with Gasteiger partial charge in [0.1, 0.15) is 5.84 Å². The largest absolute Gasteiger partial charge is 0.478 e. The first-order valence-electron chi connectivity index (χ1n) is 9.76. The van der Waals surface area contributed by atoms with E-state index in [1.54, 1.807) is 19.2 Å². The Kier molecular flexibility index (Phi) is 5.09. The molecule has 2 aromatic carbocycles. The van der Waals surface area contributed by atoms with Gasteiger partial charge in [0.15, 0.2) is 0 Å². The molecule has 0 aromatic heterocycles. The number of fused-ring (bicyclic) bond motifs is 1. The molecule has 4 nitrogen and oxygen atoms in total. The number of aliphatic imine (C=N–C) groups is 1. The van der Waals surface area contributed by atoms with Gasteiger partial charge in [-0.1, -0.05) is 39.8 Å². The van der Waals surface area contributed by atoms with Crippen LogP contribution in [0.3, 0.4) is 0 Å². The molecule has 0 unspecified atom stereocenters. The maximum Gasteiger partial charge on any atom is 0.335 e. The Hall–Kier alpha value is -2.62. The highest BCUT2D eigenvalue weighted by Crippen LogP contribution is 2.46. The molecule has 1 N–H and O–H groups in total. The topological polar surface area (TPSA) is 52.9 Å². The minimum atomic E-state index is -0.918. The van der Waals surface area contributed by atoms with Gasteiger partial charge in [-0.2, -0.15) is 0 Å². The smallest absolute Gasteiger partial charge is 0.335 e. The molecule has 2 aromatic rings. The van der Waals surface area contributed by atoms with Crippen LogP contribution in [0, 0.1) is 0 Å². The molecule has 0 saturated heterocycles. The van der Waals surface area contributed by atoms with Crippen LogP contribution in [0.1, 0.15) is 67.6 Å². The van der Waals surface area contributed by atoms with Crippen molar-refractivity contribution in [3.8, 4) is 0 Å². The first-order valence-corrected chi connectivity index (χ1v) is 9.76. The van der Waals surface area contributed by atoms with E-state index in [2.05, 4.69) is 50.9 Å². The summed E-state index contributed by atoms with van der Waals surface area (Å²) in [4.78, 5) is 17.7. The highest BCUT2D eigenvalue weighted by Gasteiger charge is 2.37. The predicted molar refractivity (Wildman–Crippen MR) is 116 cm³/mol. The van der Waals surface area contributed by atoms with E-state index in [9.17, 15) is 4.79 Å². The second kappa shape index (κ2) is 7.08. The number of benzene rings is 2. The number of anilines is 1. The Morgan fingerprint density at radius 2 is 1.46 bits per heavy atom. The van der Waals surface area contributed by atoms with Gasteiger partial charge in [-0.25, -0.2) is 4.79 Å². The fourth-order valence-corrected chi connectivity index (χ4v) is 4.15. The molecule has 0 aliphatic heterocycles.